The summed E-state index contributed by atoms with van der Waals surface area (Å²) in [6, 6.07) is 0. The Morgan fingerprint density at radius 1 is 1.40 bits per heavy atom. The summed E-state index contributed by atoms with van der Waals surface area (Å²) in [6.07, 6.45) is 4.31. The normalized spacial score (nSPS) is 29.9. The smallest absolute Gasteiger partial charge is 0.202 e. The lowest BCUT2D eigenvalue weighted by Crippen LogP contribution is -2.33. The van der Waals surface area contributed by atoms with Gasteiger partial charge in [0.1, 0.15) is 5.82 Å². The van der Waals surface area contributed by atoms with Gasteiger partial charge in [-0.1, -0.05) is 0 Å². The topological polar surface area (TPSA) is 58.0 Å². The fourth-order valence-electron chi connectivity index (χ4n) is 1.91. The van der Waals surface area contributed by atoms with Crippen LogP contribution in [-0.2, 0) is 0 Å². The minimum atomic E-state index is -0.0618. The Kier molecular flexibility index (Phi) is 2.36. The maximum Gasteiger partial charge on any atom is 0.202 e. The molecule has 0 radical (unpaired) electrons. The SMILES string of the molecule is OC1CC(CNc2nc(C3CC3)ns2)C1. The largest absolute Gasteiger partial charge is 0.393 e. The van der Waals surface area contributed by atoms with Crippen LogP contribution in [0.1, 0.15) is 37.4 Å². The molecule has 0 bridgehead atoms. The molecule has 5 heteroatoms. The summed E-state index contributed by atoms with van der Waals surface area (Å²) < 4.78 is 4.33. The van der Waals surface area contributed by atoms with E-state index in [0.717, 1.165) is 30.3 Å². The van der Waals surface area contributed by atoms with Gasteiger partial charge in [-0.25, -0.2) is 4.98 Å². The van der Waals surface area contributed by atoms with Gasteiger partial charge in [-0.3, -0.25) is 0 Å². The molecule has 4 nitrogen and oxygen atoms in total. The summed E-state index contributed by atoms with van der Waals surface area (Å²) >= 11 is 1.46. The third-order valence-corrected chi connectivity index (χ3v) is 3.82. The maximum absolute atomic E-state index is 9.15. The average Bonchev–Trinajstić information content (AvgIpc) is 2.92. The van der Waals surface area contributed by atoms with Crippen LogP contribution >= 0.6 is 11.5 Å². The van der Waals surface area contributed by atoms with Gasteiger partial charge in [0, 0.05) is 24.0 Å². The van der Waals surface area contributed by atoms with Crippen LogP contribution in [0.4, 0.5) is 5.13 Å². The molecule has 0 spiro atoms. The molecule has 82 valence electrons. The number of aliphatic hydroxyl groups excluding tert-OH is 1. The Balaban J connectivity index is 1.49. The first-order valence-electron chi connectivity index (χ1n) is 5.57. The molecule has 0 aromatic carbocycles. The first-order chi connectivity index (χ1) is 7.31. The van der Waals surface area contributed by atoms with E-state index in [1.165, 1.54) is 24.4 Å². The lowest BCUT2D eigenvalue weighted by atomic mass is 9.82. The van der Waals surface area contributed by atoms with Gasteiger partial charge in [-0.2, -0.15) is 4.37 Å². The van der Waals surface area contributed by atoms with Crippen LogP contribution in [0.2, 0.25) is 0 Å². The lowest BCUT2D eigenvalue weighted by Gasteiger charge is -2.31. The van der Waals surface area contributed by atoms with Crippen LogP contribution in [-0.4, -0.2) is 27.1 Å². The molecule has 0 atom stereocenters. The molecule has 1 aromatic rings. The quantitative estimate of drug-likeness (QED) is 0.817. The van der Waals surface area contributed by atoms with E-state index in [2.05, 4.69) is 14.7 Å². The van der Waals surface area contributed by atoms with Gasteiger partial charge in [-0.15, -0.1) is 0 Å². The van der Waals surface area contributed by atoms with Gasteiger partial charge in [0.25, 0.3) is 0 Å². The number of hydrogen-bond donors (Lipinski definition) is 2. The molecule has 3 rings (SSSR count). The number of anilines is 1. The number of aromatic nitrogens is 2. The van der Waals surface area contributed by atoms with Crippen molar-refractivity contribution in [3.63, 3.8) is 0 Å². The second kappa shape index (κ2) is 3.72. The van der Waals surface area contributed by atoms with Gasteiger partial charge < -0.3 is 10.4 Å². The van der Waals surface area contributed by atoms with Crippen molar-refractivity contribution in [2.75, 3.05) is 11.9 Å². The highest BCUT2D eigenvalue weighted by Gasteiger charge is 2.29. The summed E-state index contributed by atoms with van der Waals surface area (Å²) in [5, 5.41) is 13.4. The van der Waals surface area contributed by atoms with Crippen LogP contribution in [0.15, 0.2) is 0 Å². The highest BCUT2D eigenvalue weighted by atomic mass is 32.1. The van der Waals surface area contributed by atoms with E-state index < -0.39 is 0 Å². The minimum absolute atomic E-state index is 0.0618. The Labute approximate surface area is 92.9 Å². The standard InChI is InChI=1S/C10H15N3OS/c14-8-3-6(4-8)5-11-10-12-9(13-15-10)7-1-2-7/h6-8,14H,1-5H2,(H,11,12,13). The molecular weight excluding hydrogens is 210 g/mol. The highest BCUT2D eigenvalue weighted by Crippen LogP contribution is 2.39. The summed E-state index contributed by atoms with van der Waals surface area (Å²) in [6.45, 7) is 0.927. The summed E-state index contributed by atoms with van der Waals surface area (Å²) in [5.41, 5.74) is 0. The Morgan fingerprint density at radius 2 is 2.20 bits per heavy atom. The number of aliphatic hydroxyl groups is 1. The first-order valence-corrected chi connectivity index (χ1v) is 6.34. The number of rotatable bonds is 4. The minimum Gasteiger partial charge on any atom is -0.393 e. The fourth-order valence-corrected chi connectivity index (χ4v) is 2.56. The second-order valence-electron chi connectivity index (χ2n) is 4.60. The van der Waals surface area contributed by atoms with Crippen LogP contribution in [0.3, 0.4) is 0 Å². The molecule has 0 unspecified atom stereocenters. The zero-order chi connectivity index (χ0) is 10.3. The Hall–Kier alpha value is -0.680. The van der Waals surface area contributed by atoms with Crippen molar-refractivity contribution in [1.29, 1.82) is 0 Å². The van der Waals surface area contributed by atoms with Gasteiger partial charge >= 0.3 is 0 Å². The van der Waals surface area contributed by atoms with Crippen molar-refractivity contribution >= 4 is 16.7 Å². The number of nitrogens with one attached hydrogen (secondary N) is 1. The van der Waals surface area contributed by atoms with Gasteiger partial charge in [0.2, 0.25) is 5.13 Å². The molecule has 2 saturated carbocycles. The van der Waals surface area contributed by atoms with Crippen LogP contribution in [0.5, 0.6) is 0 Å². The Bertz CT molecular complexity index is 344. The zero-order valence-electron chi connectivity index (χ0n) is 8.52. The lowest BCUT2D eigenvalue weighted by molar-refractivity contribution is 0.0487. The van der Waals surface area contributed by atoms with Crippen LogP contribution < -0.4 is 5.32 Å². The molecule has 2 fully saturated rings. The van der Waals surface area contributed by atoms with Crippen molar-refractivity contribution in [3.05, 3.63) is 5.82 Å². The molecule has 15 heavy (non-hydrogen) atoms. The molecule has 1 heterocycles. The molecule has 0 saturated heterocycles. The highest BCUT2D eigenvalue weighted by molar-refractivity contribution is 7.09. The fraction of sp³-hybridized carbons (Fsp3) is 0.800. The summed E-state index contributed by atoms with van der Waals surface area (Å²) in [5.74, 6) is 2.28. The van der Waals surface area contributed by atoms with Crippen molar-refractivity contribution in [2.24, 2.45) is 5.92 Å². The van der Waals surface area contributed by atoms with E-state index in [4.69, 9.17) is 5.11 Å². The van der Waals surface area contributed by atoms with Crippen molar-refractivity contribution in [1.82, 2.24) is 9.36 Å². The number of hydrogen-bond acceptors (Lipinski definition) is 5. The number of nitrogens with zero attached hydrogens (tertiary/aromatic N) is 2. The van der Waals surface area contributed by atoms with Crippen LogP contribution in [0.25, 0.3) is 0 Å². The van der Waals surface area contributed by atoms with E-state index >= 15 is 0 Å². The molecule has 0 aliphatic heterocycles. The molecule has 1 aromatic heterocycles. The van der Waals surface area contributed by atoms with E-state index in [-0.39, 0.29) is 6.10 Å². The predicted octanol–water partition coefficient (Wildman–Crippen LogP) is 1.60. The average molecular weight is 225 g/mol. The van der Waals surface area contributed by atoms with E-state index in [9.17, 15) is 0 Å². The molecule has 2 N–H and O–H groups in total. The molecular formula is C10H15N3OS. The van der Waals surface area contributed by atoms with Crippen molar-refractivity contribution in [2.45, 2.75) is 37.7 Å². The summed E-state index contributed by atoms with van der Waals surface area (Å²) in [4.78, 5) is 4.46. The van der Waals surface area contributed by atoms with E-state index in [1.54, 1.807) is 0 Å². The van der Waals surface area contributed by atoms with Crippen molar-refractivity contribution < 1.29 is 5.11 Å². The Morgan fingerprint density at radius 3 is 2.87 bits per heavy atom. The molecule has 2 aliphatic rings. The molecule has 2 aliphatic carbocycles. The predicted molar refractivity (Wildman–Crippen MR) is 59.1 cm³/mol. The molecule has 0 amide bonds. The summed E-state index contributed by atoms with van der Waals surface area (Å²) in [7, 11) is 0. The monoisotopic (exact) mass is 225 g/mol. The van der Waals surface area contributed by atoms with E-state index in [0.29, 0.717) is 11.8 Å². The second-order valence-corrected chi connectivity index (χ2v) is 5.36. The van der Waals surface area contributed by atoms with Gasteiger partial charge in [0.05, 0.1) is 6.10 Å². The van der Waals surface area contributed by atoms with Crippen LogP contribution in [0, 0.1) is 5.92 Å². The van der Waals surface area contributed by atoms with Gasteiger partial charge in [0.15, 0.2) is 0 Å². The zero-order valence-corrected chi connectivity index (χ0v) is 9.33. The third-order valence-electron chi connectivity index (χ3n) is 3.14. The van der Waals surface area contributed by atoms with E-state index in [1.807, 2.05) is 0 Å². The first kappa shape index (κ1) is 9.54. The van der Waals surface area contributed by atoms with Gasteiger partial charge in [-0.05, 0) is 31.6 Å². The third kappa shape index (κ3) is 2.13. The maximum atomic E-state index is 9.15. The van der Waals surface area contributed by atoms with Crippen molar-refractivity contribution in [3.8, 4) is 0 Å².